The summed E-state index contributed by atoms with van der Waals surface area (Å²) in [6, 6.07) is -0.0275. The Morgan fingerprint density at radius 2 is 1.89 bits per heavy atom. The van der Waals surface area contributed by atoms with Crippen molar-refractivity contribution in [2.75, 3.05) is 20.3 Å². The van der Waals surface area contributed by atoms with Crippen LogP contribution in [0.25, 0.3) is 0 Å². The third-order valence-corrected chi connectivity index (χ3v) is 2.16. The highest BCUT2D eigenvalue weighted by Gasteiger charge is 2.35. The lowest BCUT2D eigenvalue weighted by molar-refractivity contribution is -0.155. The molecular formula is C11H20F3NO3. The van der Waals surface area contributed by atoms with Crippen molar-refractivity contribution in [2.24, 2.45) is 0 Å². The van der Waals surface area contributed by atoms with E-state index in [9.17, 15) is 18.0 Å². The number of hydrogen-bond acceptors (Lipinski definition) is 4. The van der Waals surface area contributed by atoms with Gasteiger partial charge in [0.1, 0.15) is 5.54 Å². The second-order valence-corrected chi connectivity index (χ2v) is 4.54. The minimum absolute atomic E-state index is 0.0275. The molecule has 0 spiro atoms. The van der Waals surface area contributed by atoms with Gasteiger partial charge in [-0.25, -0.2) is 4.79 Å². The summed E-state index contributed by atoms with van der Waals surface area (Å²) in [5.74, 6) is -0.566. The van der Waals surface area contributed by atoms with Crippen molar-refractivity contribution in [3.8, 4) is 0 Å². The Labute approximate surface area is 105 Å². The fourth-order valence-electron chi connectivity index (χ4n) is 1.49. The van der Waals surface area contributed by atoms with Crippen molar-refractivity contribution < 1.29 is 27.4 Å². The number of carbonyl (C=O) groups is 1. The van der Waals surface area contributed by atoms with E-state index in [0.717, 1.165) is 0 Å². The van der Waals surface area contributed by atoms with Crippen LogP contribution < -0.4 is 5.32 Å². The molecule has 0 saturated carbocycles. The molecule has 0 fully saturated rings. The molecule has 1 atom stereocenters. The molecule has 1 N–H and O–H groups in total. The molecule has 18 heavy (non-hydrogen) atoms. The number of methoxy groups -OCH3 is 1. The Balaban J connectivity index is 4.30. The molecule has 7 heteroatoms. The van der Waals surface area contributed by atoms with E-state index in [4.69, 9.17) is 4.74 Å². The van der Waals surface area contributed by atoms with Crippen LogP contribution in [0, 0.1) is 0 Å². The number of rotatable bonds is 7. The van der Waals surface area contributed by atoms with Gasteiger partial charge in [-0.05, 0) is 20.8 Å². The Morgan fingerprint density at radius 1 is 1.33 bits per heavy atom. The Hall–Kier alpha value is -0.820. The Bertz CT molecular complexity index is 269. The quantitative estimate of drug-likeness (QED) is 0.567. The Morgan fingerprint density at radius 3 is 2.28 bits per heavy atom. The van der Waals surface area contributed by atoms with Crippen LogP contribution in [0.1, 0.15) is 27.2 Å². The van der Waals surface area contributed by atoms with Crippen molar-refractivity contribution in [2.45, 2.75) is 44.9 Å². The summed E-state index contributed by atoms with van der Waals surface area (Å²) in [4.78, 5) is 11.6. The minimum Gasteiger partial charge on any atom is -0.468 e. The zero-order valence-electron chi connectivity index (χ0n) is 11.1. The summed E-state index contributed by atoms with van der Waals surface area (Å²) < 4.78 is 45.3. The summed E-state index contributed by atoms with van der Waals surface area (Å²) in [6.45, 7) is 4.52. The standard InChI is InChI=1S/C11H20F3NO3/c1-8(2)15-10(3,9(16)17-4)7-18-6-5-11(12,13)14/h8,15H,5-7H2,1-4H3. The normalized spacial score (nSPS) is 15.6. The lowest BCUT2D eigenvalue weighted by Gasteiger charge is -2.29. The van der Waals surface area contributed by atoms with Crippen LogP contribution in [0.4, 0.5) is 13.2 Å². The van der Waals surface area contributed by atoms with E-state index >= 15 is 0 Å². The summed E-state index contributed by atoms with van der Waals surface area (Å²) in [6.07, 6.45) is -5.29. The molecule has 0 aromatic rings. The molecule has 0 rings (SSSR count). The van der Waals surface area contributed by atoms with E-state index in [1.807, 2.05) is 13.8 Å². The van der Waals surface area contributed by atoms with Crippen LogP contribution in [0.15, 0.2) is 0 Å². The SMILES string of the molecule is COC(=O)C(C)(COCCC(F)(F)F)NC(C)C. The van der Waals surface area contributed by atoms with Gasteiger partial charge in [0.25, 0.3) is 0 Å². The van der Waals surface area contributed by atoms with Gasteiger partial charge in [-0.3, -0.25) is 5.32 Å². The average molecular weight is 271 g/mol. The topological polar surface area (TPSA) is 47.6 Å². The first-order valence-corrected chi connectivity index (χ1v) is 5.61. The first-order valence-electron chi connectivity index (χ1n) is 5.61. The molecular weight excluding hydrogens is 251 g/mol. The van der Waals surface area contributed by atoms with E-state index in [0.29, 0.717) is 0 Å². The number of ether oxygens (including phenoxy) is 2. The second kappa shape index (κ2) is 6.94. The number of carbonyl (C=O) groups excluding carboxylic acids is 1. The largest absolute Gasteiger partial charge is 0.468 e. The molecule has 0 radical (unpaired) electrons. The van der Waals surface area contributed by atoms with Gasteiger partial charge in [-0.2, -0.15) is 13.2 Å². The van der Waals surface area contributed by atoms with Gasteiger partial charge in [0.15, 0.2) is 0 Å². The maximum absolute atomic E-state index is 11.9. The molecule has 108 valence electrons. The van der Waals surface area contributed by atoms with E-state index in [-0.39, 0.29) is 12.6 Å². The van der Waals surface area contributed by atoms with E-state index in [1.54, 1.807) is 0 Å². The molecule has 0 bridgehead atoms. The third kappa shape index (κ3) is 6.80. The van der Waals surface area contributed by atoms with Crippen LogP contribution in [-0.2, 0) is 14.3 Å². The van der Waals surface area contributed by atoms with E-state index in [2.05, 4.69) is 10.1 Å². The molecule has 0 aromatic heterocycles. The molecule has 4 nitrogen and oxygen atoms in total. The molecule has 1 unspecified atom stereocenters. The van der Waals surface area contributed by atoms with Crippen molar-refractivity contribution in [3.63, 3.8) is 0 Å². The molecule has 0 aromatic carbocycles. The highest BCUT2D eigenvalue weighted by atomic mass is 19.4. The smallest absolute Gasteiger partial charge is 0.391 e. The lowest BCUT2D eigenvalue weighted by Crippen LogP contribution is -2.56. The van der Waals surface area contributed by atoms with E-state index < -0.39 is 30.7 Å². The van der Waals surface area contributed by atoms with Gasteiger partial charge >= 0.3 is 12.1 Å². The maximum atomic E-state index is 11.9. The van der Waals surface area contributed by atoms with Crippen LogP contribution in [0.2, 0.25) is 0 Å². The zero-order chi connectivity index (χ0) is 14.4. The van der Waals surface area contributed by atoms with Gasteiger partial charge in [0.2, 0.25) is 0 Å². The first kappa shape index (κ1) is 17.2. The first-order chi connectivity index (χ1) is 8.10. The highest BCUT2D eigenvalue weighted by Crippen LogP contribution is 2.19. The second-order valence-electron chi connectivity index (χ2n) is 4.54. The van der Waals surface area contributed by atoms with Crippen molar-refractivity contribution >= 4 is 5.97 Å². The van der Waals surface area contributed by atoms with Crippen molar-refractivity contribution in [3.05, 3.63) is 0 Å². The fourth-order valence-corrected chi connectivity index (χ4v) is 1.49. The van der Waals surface area contributed by atoms with Crippen molar-refractivity contribution in [1.82, 2.24) is 5.32 Å². The number of nitrogens with one attached hydrogen (secondary N) is 1. The predicted molar refractivity (Wildman–Crippen MR) is 60.2 cm³/mol. The average Bonchev–Trinajstić information content (AvgIpc) is 2.21. The molecule has 0 aliphatic rings. The zero-order valence-corrected chi connectivity index (χ0v) is 11.1. The summed E-state index contributed by atoms with van der Waals surface area (Å²) in [7, 11) is 1.22. The summed E-state index contributed by atoms with van der Waals surface area (Å²) in [5, 5.41) is 2.92. The van der Waals surface area contributed by atoms with Crippen LogP contribution >= 0.6 is 0 Å². The van der Waals surface area contributed by atoms with Crippen LogP contribution in [0.5, 0.6) is 0 Å². The molecule has 0 aliphatic carbocycles. The maximum Gasteiger partial charge on any atom is 0.391 e. The molecule has 0 aliphatic heterocycles. The fraction of sp³-hybridized carbons (Fsp3) is 0.909. The lowest BCUT2D eigenvalue weighted by atomic mass is 10.0. The molecule has 0 amide bonds. The predicted octanol–water partition coefficient (Wildman–Crippen LogP) is 1.89. The number of esters is 1. The highest BCUT2D eigenvalue weighted by molar-refractivity contribution is 5.80. The number of halogens is 3. The third-order valence-electron chi connectivity index (χ3n) is 2.16. The van der Waals surface area contributed by atoms with Gasteiger partial charge in [0, 0.05) is 6.04 Å². The minimum atomic E-state index is -4.26. The summed E-state index contributed by atoms with van der Waals surface area (Å²) in [5.41, 5.74) is -1.14. The Kier molecular flexibility index (Phi) is 6.62. The number of hydrogen-bond donors (Lipinski definition) is 1. The molecule has 0 heterocycles. The number of alkyl halides is 3. The van der Waals surface area contributed by atoms with E-state index in [1.165, 1.54) is 14.0 Å². The van der Waals surface area contributed by atoms with Gasteiger partial charge in [-0.15, -0.1) is 0 Å². The van der Waals surface area contributed by atoms with Gasteiger partial charge < -0.3 is 9.47 Å². The summed E-state index contributed by atoms with van der Waals surface area (Å²) >= 11 is 0. The van der Waals surface area contributed by atoms with Crippen LogP contribution in [-0.4, -0.2) is 44.0 Å². The molecule has 0 saturated heterocycles. The monoisotopic (exact) mass is 271 g/mol. The van der Waals surface area contributed by atoms with Crippen molar-refractivity contribution in [1.29, 1.82) is 0 Å². The van der Waals surface area contributed by atoms with Crippen LogP contribution in [0.3, 0.4) is 0 Å². The van der Waals surface area contributed by atoms with Gasteiger partial charge in [0.05, 0.1) is 26.7 Å². The van der Waals surface area contributed by atoms with Gasteiger partial charge in [-0.1, -0.05) is 0 Å².